The molecule has 0 aliphatic rings. The number of carbonyl (C=O) groups is 1. The Kier molecular flexibility index (Phi) is 3.09. The van der Waals surface area contributed by atoms with Crippen molar-refractivity contribution in [2.45, 2.75) is 0 Å². The van der Waals surface area contributed by atoms with Gasteiger partial charge in [-0.1, -0.05) is 0 Å². The molecular formula is C12H10N2O4. The maximum atomic E-state index is 11.0. The van der Waals surface area contributed by atoms with E-state index in [9.17, 15) is 9.90 Å². The number of carboxylic acids is 1. The molecule has 0 spiro atoms. The number of carboxylic acid groups (broad SMARTS) is 1. The predicted octanol–water partition coefficient (Wildman–Crippen LogP) is 1.56. The minimum atomic E-state index is -1.14. The fourth-order valence-electron chi connectivity index (χ4n) is 1.46. The third-order valence-corrected chi connectivity index (χ3v) is 2.35. The molecule has 0 unspecified atom stereocenters. The van der Waals surface area contributed by atoms with Crippen molar-refractivity contribution in [3.63, 3.8) is 0 Å². The molecule has 2 rings (SSSR count). The number of hydrogen-bond acceptors (Lipinski definition) is 5. The Morgan fingerprint density at radius 2 is 1.89 bits per heavy atom. The van der Waals surface area contributed by atoms with Crippen LogP contribution in [0.15, 0.2) is 30.3 Å². The summed E-state index contributed by atoms with van der Waals surface area (Å²) < 4.78 is 4.82. The molecule has 1 heterocycles. The number of ether oxygens (including phenoxy) is 1. The summed E-state index contributed by atoms with van der Waals surface area (Å²) in [7, 11) is 1.33. The molecule has 6 nitrogen and oxygen atoms in total. The summed E-state index contributed by atoms with van der Waals surface area (Å²) in [5, 5.41) is 25.8. The van der Waals surface area contributed by atoms with Crippen LogP contribution in [-0.4, -0.2) is 33.5 Å². The lowest BCUT2D eigenvalue weighted by molar-refractivity contribution is 0.0692. The van der Waals surface area contributed by atoms with Crippen molar-refractivity contribution in [3.05, 3.63) is 35.9 Å². The van der Waals surface area contributed by atoms with Crippen molar-refractivity contribution >= 4 is 5.97 Å². The van der Waals surface area contributed by atoms with Crippen LogP contribution in [0.2, 0.25) is 0 Å². The first kappa shape index (κ1) is 11.8. The number of methoxy groups -OCH3 is 1. The summed E-state index contributed by atoms with van der Waals surface area (Å²) in [6.45, 7) is 0. The van der Waals surface area contributed by atoms with Crippen LogP contribution in [0.1, 0.15) is 10.4 Å². The molecule has 0 bridgehead atoms. The molecule has 1 aromatic carbocycles. The number of aromatic hydroxyl groups is 1. The third-order valence-electron chi connectivity index (χ3n) is 2.35. The summed E-state index contributed by atoms with van der Waals surface area (Å²) in [4.78, 5) is 11.0. The van der Waals surface area contributed by atoms with Crippen LogP contribution < -0.4 is 4.74 Å². The molecule has 1 aromatic heterocycles. The van der Waals surface area contributed by atoms with Gasteiger partial charge in [0.2, 0.25) is 5.88 Å². The second-order valence-corrected chi connectivity index (χ2v) is 3.50. The van der Waals surface area contributed by atoms with E-state index in [1.807, 2.05) is 0 Å². The lowest BCUT2D eigenvalue weighted by Crippen LogP contribution is -2.04. The molecule has 2 aromatic rings. The van der Waals surface area contributed by atoms with Crippen LogP contribution in [-0.2, 0) is 0 Å². The topological polar surface area (TPSA) is 92.5 Å². The van der Waals surface area contributed by atoms with E-state index in [-0.39, 0.29) is 17.2 Å². The number of nitrogens with zero attached hydrogens (tertiary/aromatic N) is 2. The lowest BCUT2D eigenvalue weighted by atomic mass is 10.1. The average molecular weight is 246 g/mol. The molecule has 0 atom stereocenters. The minimum Gasteiger partial charge on any atom is -0.508 e. The number of rotatable bonds is 3. The summed E-state index contributed by atoms with van der Waals surface area (Å²) in [5.74, 6) is -1.05. The Morgan fingerprint density at radius 3 is 2.44 bits per heavy atom. The van der Waals surface area contributed by atoms with Gasteiger partial charge in [0.05, 0.1) is 12.8 Å². The van der Waals surface area contributed by atoms with E-state index in [0.29, 0.717) is 11.3 Å². The zero-order chi connectivity index (χ0) is 13.1. The molecule has 0 saturated heterocycles. The van der Waals surface area contributed by atoms with Gasteiger partial charge in [0.1, 0.15) is 11.3 Å². The Balaban J connectivity index is 2.49. The van der Waals surface area contributed by atoms with Gasteiger partial charge in [-0.2, -0.15) is 0 Å². The summed E-state index contributed by atoms with van der Waals surface area (Å²) in [6, 6.07) is 7.60. The molecular weight excluding hydrogens is 236 g/mol. The van der Waals surface area contributed by atoms with Gasteiger partial charge in [-0.15, -0.1) is 10.2 Å². The molecule has 0 aliphatic carbocycles. The largest absolute Gasteiger partial charge is 0.508 e. The van der Waals surface area contributed by atoms with Crippen LogP contribution >= 0.6 is 0 Å². The van der Waals surface area contributed by atoms with Gasteiger partial charge in [-0.3, -0.25) is 0 Å². The van der Waals surface area contributed by atoms with Crippen LogP contribution in [0.4, 0.5) is 0 Å². The van der Waals surface area contributed by atoms with Crippen molar-refractivity contribution in [1.82, 2.24) is 10.2 Å². The third kappa shape index (κ3) is 2.22. The van der Waals surface area contributed by atoms with Crippen LogP contribution in [0.5, 0.6) is 11.6 Å². The Morgan fingerprint density at radius 1 is 1.22 bits per heavy atom. The highest BCUT2D eigenvalue weighted by Gasteiger charge is 2.15. The normalized spacial score (nSPS) is 10.1. The van der Waals surface area contributed by atoms with Crippen LogP contribution in [0.3, 0.4) is 0 Å². The molecule has 6 heteroatoms. The molecule has 92 valence electrons. The summed E-state index contributed by atoms with van der Waals surface area (Å²) >= 11 is 0. The quantitative estimate of drug-likeness (QED) is 0.853. The molecule has 0 aliphatic heterocycles. The first-order chi connectivity index (χ1) is 8.61. The van der Waals surface area contributed by atoms with Gasteiger partial charge >= 0.3 is 5.97 Å². The standard InChI is InChI=1S/C12H10N2O4/c1-18-11-9(12(16)17)6-10(13-14-11)7-2-4-8(15)5-3-7/h2-6,15H,1H3,(H,16,17). The second kappa shape index (κ2) is 4.70. The molecule has 2 N–H and O–H groups in total. The van der Waals surface area contributed by atoms with E-state index in [4.69, 9.17) is 9.84 Å². The van der Waals surface area contributed by atoms with Crippen molar-refractivity contribution in [2.75, 3.05) is 7.11 Å². The highest BCUT2D eigenvalue weighted by Crippen LogP contribution is 2.23. The van der Waals surface area contributed by atoms with E-state index >= 15 is 0 Å². The first-order valence-electron chi connectivity index (χ1n) is 5.06. The maximum absolute atomic E-state index is 11.0. The van der Waals surface area contributed by atoms with E-state index in [2.05, 4.69) is 10.2 Å². The number of benzene rings is 1. The Hall–Kier alpha value is -2.63. The van der Waals surface area contributed by atoms with Gasteiger partial charge in [-0.05, 0) is 30.3 Å². The molecule has 18 heavy (non-hydrogen) atoms. The number of aromatic nitrogens is 2. The fourth-order valence-corrected chi connectivity index (χ4v) is 1.46. The SMILES string of the molecule is COc1nnc(-c2ccc(O)cc2)cc1C(=O)O. The highest BCUT2D eigenvalue weighted by molar-refractivity contribution is 5.91. The van der Waals surface area contributed by atoms with E-state index in [1.165, 1.54) is 25.3 Å². The Bertz CT molecular complexity index is 581. The molecule has 0 saturated carbocycles. The van der Waals surface area contributed by atoms with Crippen LogP contribution in [0.25, 0.3) is 11.3 Å². The number of phenols is 1. The van der Waals surface area contributed by atoms with Crippen LogP contribution in [0, 0.1) is 0 Å². The Labute approximate surface area is 102 Å². The van der Waals surface area contributed by atoms with Gasteiger partial charge in [0.25, 0.3) is 0 Å². The first-order valence-corrected chi connectivity index (χ1v) is 5.06. The van der Waals surface area contributed by atoms with Gasteiger partial charge in [-0.25, -0.2) is 4.79 Å². The molecule has 0 fully saturated rings. The van der Waals surface area contributed by atoms with Gasteiger partial charge in [0.15, 0.2) is 0 Å². The number of phenolic OH excluding ortho intramolecular Hbond substituents is 1. The zero-order valence-electron chi connectivity index (χ0n) is 9.49. The second-order valence-electron chi connectivity index (χ2n) is 3.50. The van der Waals surface area contributed by atoms with E-state index < -0.39 is 5.97 Å². The monoisotopic (exact) mass is 246 g/mol. The highest BCUT2D eigenvalue weighted by atomic mass is 16.5. The van der Waals surface area contributed by atoms with E-state index in [1.54, 1.807) is 12.1 Å². The van der Waals surface area contributed by atoms with Crippen molar-refractivity contribution in [2.24, 2.45) is 0 Å². The molecule has 0 amide bonds. The van der Waals surface area contributed by atoms with Crippen molar-refractivity contribution in [1.29, 1.82) is 0 Å². The molecule has 0 radical (unpaired) electrons. The number of hydrogen-bond donors (Lipinski definition) is 2. The average Bonchev–Trinajstić information content (AvgIpc) is 2.39. The summed E-state index contributed by atoms with van der Waals surface area (Å²) in [6.07, 6.45) is 0. The number of aromatic carboxylic acids is 1. The lowest BCUT2D eigenvalue weighted by Gasteiger charge is -2.05. The predicted molar refractivity (Wildman–Crippen MR) is 62.6 cm³/mol. The van der Waals surface area contributed by atoms with Crippen molar-refractivity contribution in [3.8, 4) is 22.9 Å². The minimum absolute atomic E-state index is 0.0370. The fraction of sp³-hybridized carbons (Fsp3) is 0.0833. The van der Waals surface area contributed by atoms with Crippen molar-refractivity contribution < 1.29 is 19.7 Å². The smallest absolute Gasteiger partial charge is 0.341 e. The van der Waals surface area contributed by atoms with Gasteiger partial charge < -0.3 is 14.9 Å². The maximum Gasteiger partial charge on any atom is 0.341 e. The van der Waals surface area contributed by atoms with E-state index in [0.717, 1.165) is 0 Å². The zero-order valence-corrected chi connectivity index (χ0v) is 9.49. The van der Waals surface area contributed by atoms with Gasteiger partial charge in [0, 0.05) is 5.56 Å². The summed E-state index contributed by atoms with van der Waals surface area (Å²) in [5.41, 5.74) is 0.995.